The zero-order chi connectivity index (χ0) is 20.0. The summed E-state index contributed by atoms with van der Waals surface area (Å²) in [6.45, 7) is 7.87. The number of carbonyl (C=O) groups excluding carboxylic acids is 2. The number of aryl methyl sites for hydroxylation is 1. The summed E-state index contributed by atoms with van der Waals surface area (Å²) < 4.78 is 0. The summed E-state index contributed by atoms with van der Waals surface area (Å²) in [7, 11) is 0. The molecule has 0 bridgehead atoms. The first-order chi connectivity index (χ1) is 12.8. The average Bonchev–Trinajstić information content (AvgIpc) is 2.64. The number of hydrogen-bond donors (Lipinski definition) is 2. The lowest BCUT2D eigenvalue weighted by Crippen LogP contribution is -2.50. The van der Waals surface area contributed by atoms with Crippen LogP contribution in [0.1, 0.15) is 54.7 Å². The van der Waals surface area contributed by atoms with Gasteiger partial charge < -0.3 is 10.6 Å². The van der Waals surface area contributed by atoms with Crippen molar-refractivity contribution in [2.75, 3.05) is 0 Å². The standard InChI is InChI=1S/C22H27ClN2O2/c1-5-19(16-12-10-15(4)11-13-16)24-22(27)20(14(2)3)25-21(26)17-8-6-7-9-18(17)23/h6-14,19-20H,5H2,1-4H3,(H,24,27)(H,25,26). The van der Waals surface area contributed by atoms with Crippen LogP contribution in [0, 0.1) is 12.8 Å². The summed E-state index contributed by atoms with van der Waals surface area (Å²) in [4.78, 5) is 25.5. The largest absolute Gasteiger partial charge is 0.348 e. The number of rotatable bonds is 7. The Morgan fingerprint density at radius 3 is 2.19 bits per heavy atom. The Morgan fingerprint density at radius 1 is 1.00 bits per heavy atom. The second-order valence-corrected chi connectivity index (χ2v) is 7.46. The zero-order valence-electron chi connectivity index (χ0n) is 16.3. The molecule has 0 spiro atoms. The molecule has 5 heteroatoms. The fourth-order valence-corrected chi connectivity index (χ4v) is 3.10. The minimum Gasteiger partial charge on any atom is -0.348 e. The van der Waals surface area contributed by atoms with Crippen LogP contribution in [0.25, 0.3) is 0 Å². The van der Waals surface area contributed by atoms with Gasteiger partial charge >= 0.3 is 0 Å². The summed E-state index contributed by atoms with van der Waals surface area (Å²) in [5.74, 6) is -0.609. The summed E-state index contributed by atoms with van der Waals surface area (Å²) in [5, 5.41) is 6.26. The van der Waals surface area contributed by atoms with E-state index in [2.05, 4.69) is 10.6 Å². The highest BCUT2D eigenvalue weighted by molar-refractivity contribution is 6.33. The van der Waals surface area contributed by atoms with Crippen LogP contribution < -0.4 is 10.6 Å². The van der Waals surface area contributed by atoms with E-state index in [9.17, 15) is 9.59 Å². The van der Waals surface area contributed by atoms with Crippen LogP contribution in [-0.2, 0) is 4.79 Å². The number of carbonyl (C=O) groups is 2. The number of amides is 2. The minimum absolute atomic E-state index is 0.0630. The van der Waals surface area contributed by atoms with Gasteiger partial charge in [0.15, 0.2) is 0 Å². The van der Waals surface area contributed by atoms with Crippen molar-refractivity contribution in [3.05, 3.63) is 70.2 Å². The topological polar surface area (TPSA) is 58.2 Å². The van der Waals surface area contributed by atoms with Crippen LogP contribution in [0.4, 0.5) is 0 Å². The van der Waals surface area contributed by atoms with Crippen molar-refractivity contribution < 1.29 is 9.59 Å². The summed E-state index contributed by atoms with van der Waals surface area (Å²) in [5.41, 5.74) is 2.59. The second kappa shape index (κ2) is 9.56. The first-order valence-electron chi connectivity index (χ1n) is 9.25. The minimum atomic E-state index is -0.645. The molecule has 0 fully saturated rings. The van der Waals surface area contributed by atoms with Crippen LogP contribution in [0.15, 0.2) is 48.5 Å². The van der Waals surface area contributed by atoms with Gasteiger partial charge in [0.25, 0.3) is 5.91 Å². The molecule has 2 N–H and O–H groups in total. The summed E-state index contributed by atoms with van der Waals surface area (Å²) >= 11 is 6.10. The maximum atomic E-state index is 12.9. The molecule has 144 valence electrons. The van der Waals surface area contributed by atoms with E-state index in [-0.39, 0.29) is 23.8 Å². The van der Waals surface area contributed by atoms with E-state index in [0.717, 1.165) is 12.0 Å². The Labute approximate surface area is 166 Å². The van der Waals surface area contributed by atoms with Crippen molar-refractivity contribution in [2.24, 2.45) is 5.92 Å². The highest BCUT2D eigenvalue weighted by atomic mass is 35.5. The van der Waals surface area contributed by atoms with Gasteiger partial charge in [-0.25, -0.2) is 0 Å². The van der Waals surface area contributed by atoms with E-state index in [1.54, 1.807) is 24.3 Å². The van der Waals surface area contributed by atoms with Gasteiger partial charge in [-0.1, -0.05) is 74.3 Å². The van der Waals surface area contributed by atoms with E-state index >= 15 is 0 Å². The van der Waals surface area contributed by atoms with Gasteiger partial charge in [0.1, 0.15) is 6.04 Å². The van der Waals surface area contributed by atoms with Crippen LogP contribution in [0.5, 0.6) is 0 Å². The van der Waals surface area contributed by atoms with Crippen molar-refractivity contribution in [2.45, 2.75) is 46.2 Å². The molecule has 2 amide bonds. The molecule has 2 aromatic carbocycles. The maximum absolute atomic E-state index is 12.9. The number of benzene rings is 2. The first-order valence-corrected chi connectivity index (χ1v) is 9.63. The first kappa shape index (κ1) is 21.0. The van der Waals surface area contributed by atoms with Crippen LogP contribution in [0.2, 0.25) is 5.02 Å². The number of hydrogen-bond acceptors (Lipinski definition) is 2. The fourth-order valence-electron chi connectivity index (χ4n) is 2.88. The predicted octanol–water partition coefficient (Wildman–Crippen LogP) is 4.67. The van der Waals surface area contributed by atoms with Crippen molar-refractivity contribution in [1.82, 2.24) is 10.6 Å². The quantitative estimate of drug-likeness (QED) is 0.726. The Balaban J connectivity index is 2.13. The molecular formula is C22H27ClN2O2. The predicted molar refractivity (Wildman–Crippen MR) is 110 cm³/mol. The molecule has 0 aromatic heterocycles. The monoisotopic (exact) mass is 386 g/mol. The molecule has 2 atom stereocenters. The molecule has 0 aliphatic carbocycles. The molecule has 0 aliphatic rings. The van der Waals surface area contributed by atoms with E-state index in [4.69, 9.17) is 11.6 Å². The van der Waals surface area contributed by atoms with Gasteiger partial charge in [0.2, 0.25) is 5.91 Å². The molecular weight excluding hydrogens is 360 g/mol. The lowest BCUT2D eigenvalue weighted by atomic mass is 9.99. The van der Waals surface area contributed by atoms with Gasteiger partial charge in [-0.2, -0.15) is 0 Å². The molecule has 0 saturated heterocycles. The normalized spacial score (nSPS) is 13.1. The van der Waals surface area contributed by atoms with Gasteiger partial charge in [0, 0.05) is 0 Å². The smallest absolute Gasteiger partial charge is 0.253 e. The molecule has 27 heavy (non-hydrogen) atoms. The number of halogens is 1. The lowest BCUT2D eigenvalue weighted by Gasteiger charge is -2.25. The molecule has 0 saturated carbocycles. The highest BCUT2D eigenvalue weighted by Gasteiger charge is 2.27. The molecule has 4 nitrogen and oxygen atoms in total. The molecule has 0 aliphatic heterocycles. The van der Waals surface area contributed by atoms with Gasteiger partial charge in [0.05, 0.1) is 16.6 Å². The third-order valence-electron chi connectivity index (χ3n) is 4.56. The van der Waals surface area contributed by atoms with Gasteiger partial charge in [-0.15, -0.1) is 0 Å². The second-order valence-electron chi connectivity index (χ2n) is 7.06. The van der Waals surface area contributed by atoms with E-state index in [1.165, 1.54) is 5.56 Å². The Kier molecular flexibility index (Phi) is 7.43. The molecule has 0 radical (unpaired) electrons. The fraction of sp³-hybridized carbons (Fsp3) is 0.364. The summed E-state index contributed by atoms with van der Waals surface area (Å²) in [6.07, 6.45) is 0.762. The maximum Gasteiger partial charge on any atom is 0.253 e. The van der Waals surface area contributed by atoms with E-state index in [0.29, 0.717) is 10.6 Å². The van der Waals surface area contributed by atoms with E-state index < -0.39 is 6.04 Å². The van der Waals surface area contributed by atoms with Crippen molar-refractivity contribution in [3.8, 4) is 0 Å². The molecule has 2 rings (SSSR count). The van der Waals surface area contributed by atoms with Gasteiger partial charge in [-0.3, -0.25) is 9.59 Å². The van der Waals surface area contributed by atoms with Gasteiger partial charge in [-0.05, 0) is 37.0 Å². The molecule has 2 unspecified atom stereocenters. The van der Waals surface area contributed by atoms with Crippen molar-refractivity contribution in [3.63, 3.8) is 0 Å². The molecule has 2 aromatic rings. The van der Waals surface area contributed by atoms with Crippen LogP contribution >= 0.6 is 11.6 Å². The van der Waals surface area contributed by atoms with Crippen molar-refractivity contribution in [1.29, 1.82) is 0 Å². The third-order valence-corrected chi connectivity index (χ3v) is 4.89. The van der Waals surface area contributed by atoms with Crippen molar-refractivity contribution >= 4 is 23.4 Å². The average molecular weight is 387 g/mol. The summed E-state index contributed by atoms with van der Waals surface area (Å²) in [6, 6.07) is 14.2. The van der Waals surface area contributed by atoms with Crippen LogP contribution in [-0.4, -0.2) is 17.9 Å². The van der Waals surface area contributed by atoms with Crippen LogP contribution in [0.3, 0.4) is 0 Å². The number of nitrogens with one attached hydrogen (secondary N) is 2. The van der Waals surface area contributed by atoms with E-state index in [1.807, 2.05) is 52.0 Å². The SMILES string of the molecule is CCC(NC(=O)C(NC(=O)c1ccccc1Cl)C(C)C)c1ccc(C)cc1. The Bertz CT molecular complexity index is 787. The highest BCUT2D eigenvalue weighted by Crippen LogP contribution is 2.19. The molecule has 0 heterocycles. The Hall–Kier alpha value is -2.33. The third kappa shape index (κ3) is 5.57. The lowest BCUT2D eigenvalue weighted by molar-refractivity contribution is -0.124. The zero-order valence-corrected chi connectivity index (χ0v) is 17.0. The Morgan fingerprint density at radius 2 is 1.63 bits per heavy atom.